The summed E-state index contributed by atoms with van der Waals surface area (Å²) in [5, 5.41) is 15.5. The highest BCUT2D eigenvalue weighted by atomic mass is 32.2. The van der Waals surface area contributed by atoms with Crippen LogP contribution in [0.5, 0.6) is 0 Å². The highest BCUT2D eigenvalue weighted by Gasteiger charge is 2.17. The lowest BCUT2D eigenvalue weighted by atomic mass is 10.1. The molecule has 1 aromatic rings. The monoisotopic (exact) mass is 238 g/mol. The van der Waals surface area contributed by atoms with Crippen molar-refractivity contribution in [2.75, 3.05) is 24.7 Å². The van der Waals surface area contributed by atoms with Gasteiger partial charge in [0, 0.05) is 11.4 Å². The maximum Gasteiger partial charge on any atom is 0.234 e. The van der Waals surface area contributed by atoms with Gasteiger partial charge in [0.1, 0.15) is 0 Å². The van der Waals surface area contributed by atoms with Gasteiger partial charge in [-0.05, 0) is 24.7 Å². The van der Waals surface area contributed by atoms with Crippen LogP contribution in [0.4, 0.5) is 5.69 Å². The van der Waals surface area contributed by atoms with Gasteiger partial charge in [0.05, 0.1) is 17.5 Å². The Labute approximate surface area is 98.4 Å². The van der Waals surface area contributed by atoms with Crippen LogP contribution in [0, 0.1) is 0 Å². The van der Waals surface area contributed by atoms with E-state index in [1.165, 1.54) is 11.8 Å². The Morgan fingerprint density at radius 2 is 2.44 bits per heavy atom. The molecule has 0 saturated heterocycles. The predicted molar refractivity (Wildman–Crippen MR) is 64.7 cm³/mol. The van der Waals surface area contributed by atoms with Crippen molar-refractivity contribution in [2.45, 2.75) is 11.0 Å². The quantitative estimate of drug-likeness (QED) is 0.734. The number of hydrogen-bond acceptors (Lipinski definition) is 4. The van der Waals surface area contributed by atoms with Crippen LogP contribution in [0.25, 0.3) is 0 Å². The fraction of sp³-hybridized carbons (Fsp3) is 0.364. The Bertz CT molecular complexity index is 409. The van der Waals surface area contributed by atoms with Crippen LogP contribution in [-0.4, -0.2) is 30.4 Å². The van der Waals surface area contributed by atoms with Gasteiger partial charge >= 0.3 is 0 Å². The summed E-state index contributed by atoms with van der Waals surface area (Å²) < 4.78 is 0. The van der Waals surface area contributed by atoms with Gasteiger partial charge in [-0.2, -0.15) is 0 Å². The molecule has 1 atom stereocenters. The summed E-state index contributed by atoms with van der Waals surface area (Å²) in [5.41, 5.74) is 1.62. The largest absolute Gasteiger partial charge is 0.387 e. The summed E-state index contributed by atoms with van der Waals surface area (Å²) in [6.07, 6.45) is -0.542. The van der Waals surface area contributed by atoms with Gasteiger partial charge in [-0.15, -0.1) is 11.8 Å². The predicted octanol–water partition coefficient (Wildman–Crippen LogP) is 0.984. The van der Waals surface area contributed by atoms with Gasteiger partial charge in [0.25, 0.3) is 0 Å². The van der Waals surface area contributed by atoms with Crippen molar-refractivity contribution >= 4 is 23.4 Å². The molecule has 86 valence electrons. The van der Waals surface area contributed by atoms with E-state index >= 15 is 0 Å². The Balaban J connectivity index is 2.24. The van der Waals surface area contributed by atoms with Gasteiger partial charge in [-0.3, -0.25) is 4.79 Å². The van der Waals surface area contributed by atoms with Gasteiger partial charge in [-0.1, -0.05) is 6.07 Å². The lowest BCUT2D eigenvalue weighted by molar-refractivity contribution is -0.113. The number of carbonyl (C=O) groups is 1. The number of amides is 1. The second-order valence-electron chi connectivity index (χ2n) is 3.67. The Morgan fingerprint density at radius 1 is 1.62 bits per heavy atom. The molecule has 0 radical (unpaired) electrons. The van der Waals surface area contributed by atoms with Crippen LogP contribution in [-0.2, 0) is 4.79 Å². The number of fused-ring (bicyclic) bond motifs is 1. The van der Waals surface area contributed by atoms with Crippen LogP contribution in [0.15, 0.2) is 23.1 Å². The van der Waals surface area contributed by atoms with E-state index in [0.717, 1.165) is 16.1 Å². The molecule has 1 aliphatic rings. The zero-order valence-electron chi connectivity index (χ0n) is 8.99. The van der Waals surface area contributed by atoms with E-state index in [1.54, 1.807) is 7.05 Å². The first-order valence-electron chi connectivity index (χ1n) is 5.10. The van der Waals surface area contributed by atoms with E-state index in [2.05, 4.69) is 10.6 Å². The van der Waals surface area contributed by atoms with Gasteiger partial charge in [-0.25, -0.2) is 0 Å². The van der Waals surface area contributed by atoms with Crippen LogP contribution < -0.4 is 10.6 Å². The Morgan fingerprint density at radius 3 is 3.19 bits per heavy atom. The smallest absolute Gasteiger partial charge is 0.234 e. The zero-order valence-corrected chi connectivity index (χ0v) is 9.80. The molecule has 0 aliphatic carbocycles. The maximum absolute atomic E-state index is 11.2. The highest BCUT2D eigenvalue weighted by molar-refractivity contribution is 8.00. The summed E-state index contributed by atoms with van der Waals surface area (Å²) >= 11 is 1.52. The Kier molecular flexibility index (Phi) is 3.48. The third kappa shape index (κ3) is 2.37. The first-order valence-corrected chi connectivity index (χ1v) is 6.08. The standard InChI is InChI=1S/C11H14N2O2S/c1-12-5-9(14)7-2-3-10-8(4-7)13-11(15)6-16-10/h2-4,9,12,14H,5-6H2,1H3,(H,13,15). The van der Waals surface area contributed by atoms with Crippen LogP contribution >= 0.6 is 11.8 Å². The number of thioether (sulfide) groups is 1. The number of aliphatic hydroxyl groups excluding tert-OH is 1. The third-order valence-corrected chi connectivity index (χ3v) is 3.49. The van der Waals surface area contributed by atoms with Crippen molar-refractivity contribution in [2.24, 2.45) is 0 Å². The SMILES string of the molecule is CNCC(O)c1ccc2c(c1)NC(=O)CS2. The number of nitrogens with one attached hydrogen (secondary N) is 2. The number of hydrogen-bond donors (Lipinski definition) is 3. The number of benzene rings is 1. The van der Waals surface area contributed by atoms with E-state index in [4.69, 9.17) is 0 Å². The fourth-order valence-corrected chi connectivity index (χ4v) is 2.41. The fourth-order valence-electron chi connectivity index (χ4n) is 1.62. The van der Waals surface area contributed by atoms with E-state index in [9.17, 15) is 9.90 Å². The minimum absolute atomic E-state index is 0.0118. The molecule has 4 nitrogen and oxygen atoms in total. The van der Waals surface area contributed by atoms with E-state index < -0.39 is 6.10 Å². The molecule has 1 amide bonds. The normalized spacial score (nSPS) is 16.5. The molecule has 2 rings (SSSR count). The van der Waals surface area contributed by atoms with E-state index in [0.29, 0.717) is 12.3 Å². The van der Waals surface area contributed by atoms with Crippen molar-refractivity contribution in [3.05, 3.63) is 23.8 Å². The maximum atomic E-state index is 11.2. The molecule has 1 aliphatic heterocycles. The van der Waals surface area contributed by atoms with E-state index in [-0.39, 0.29) is 5.91 Å². The molecular formula is C11H14N2O2S. The highest BCUT2D eigenvalue weighted by Crippen LogP contribution is 2.33. The van der Waals surface area contributed by atoms with Gasteiger partial charge < -0.3 is 15.7 Å². The van der Waals surface area contributed by atoms with Crippen LogP contribution in [0.3, 0.4) is 0 Å². The molecular weight excluding hydrogens is 224 g/mol. The number of anilines is 1. The summed E-state index contributed by atoms with van der Waals surface area (Å²) in [6.45, 7) is 0.500. The zero-order chi connectivity index (χ0) is 11.5. The Hall–Kier alpha value is -1.04. The van der Waals surface area contributed by atoms with Gasteiger partial charge in [0.15, 0.2) is 0 Å². The second kappa shape index (κ2) is 4.86. The molecule has 3 N–H and O–H groups in total. The van der Waals surface area contributed by atoms with Crippen LogP contribution in [0.1, 0.15) is 11.7 Å². The molecule has 0 spiro atoms. The first-order chi connectivity index (χ1) is 7.70. The molecule has 1 heterocycles. The van der Waals surface area contributed by atoms with Crippen molar-refractivity contribution in [3.63, 3.8) is 0 Å². The molecule has 1 aromatic carbocycles. The first kappa shape index (κ1) is 11.4. The van der Waals surface area contributed by atoms with E-state index in [1.807, 2.05) is 18.2 Å². The molecule has 0 bridgehead atoms. The third-order valence-electron chi connectivity index (χ3n) is 2.42. The number of carbonyl (C=O) groups excluding carboxylic acids is 1. The molecule has 1 unspecified atom stereocenters. The molecule has 0 aromatic heterocycles. The van der Waals surface area contributed by atoms with Crippen molar-refractivity contribution in [3.8, 4) is 0 Å². The molecule has 0 saturated carbocycles. The van der Waals surface area contributed by atoms with Gasteiger partial charge in [0.2, 0.25) is 5.91 Å². The number of aliphatic hydroxyl groups is 1. The lowest BCUT2D eigenvalue weighted by Gasteiger charge is -2.18. The topological polar surface area (TPSA) is 61.4 Å². The van der Waals surface area contributed by atoms with Crippen molar-refractivity contribution in [1.82, 2.24) is 5.32 Å². The molecule has 5 heteroatoms. The minimum Gasteiger partial charge on any atom is -0.387 e. The summed E-state index contributed by atoms with van der Waals surface area (Å²) in [4.78, 5) is 12.3. The number of likely N-dealkylation sites (N-methyl/N-ethyl adjacent to an activating group) is 1. The van der Waals surface area contributed by atoms with Crippen LogP contribution in [0.2, 0.25) is 0 Å². The average Bonchev–Trinajstić information content (AvgIpc) is 2.28. The second-order valence-corrected chi connectivity index (χ2v) is 4.68. The average molecular weight is 238 g/mol. The summed E-state index contributed by atoms with van der Waals surface area (Å²) in [7, 11) is 1.79. The minimum atomic E-state index is -0.542. The lowest BCUT2D eigenvalue weighted by Crippen LogP contribution is -2.20. The summed E-state index contributed by atoms with van der Waals surface area (Å²) in [5.74, 6) is 0.476. The van der Waals surface area contributed by atoms with Crippen molar-refractivity contribution < 1.29 is 9.90 Å². The van der Waals surface area contributed by atoms with Crippen molar-refractivity contribution in [1.29, 1.82) is 0 Å². The number of rotatable bonds is 3. The molecule has 16 heavy (non-hydrogen) atoms. The summed E-state index contributed by atoms with van der Waals surface area (Å²) in [6, 6.07) is 5.67. The molecule has 0 fully saturated rings.